The standard InChI is InChI=1S/C20H26O5/c1-9(2)11-6-15-20(25-15)18(3)5-4-10-12(8-23-17(10)22)13(18)7-14-19(20,24-14)16(11)21/h9,11,13-16,21H,4-8H2,1-3H3. The quantitative estimate of drug-likeness (QED) is 0.581. The fraction of sp³-hybridized carbons (Fsp3) is 0.850. The van der Waals surface area contributed by atoms with Crippen LogP contribution in [0.15, 0.2) is 11.1 Å². The smallest absolute Gasteiger partial charge is 0.334 e. The van der Waals surface area contributed by atoms with Crippen LogP contribution in [0.1, 0.15) is 46.5 Å². The van der Waals surface area contributed by atoms with Crippen molar-refractivity contribution in [2.45, 2.75) is 76.0 Å². The van der Waals surface area contributed by atoms with Crippen LogP contribution in [0.25, 0.3) is 0 Å². The molecule has 4 fully saturated rings. The highest BCUT2D eigenvalue weighted by Crippen LogP contribution is 2.79. The van der Waals surface area contributed by atoms with Crippen LogP contribution in [-0.2, 0) is 19.0 Å². The minimum atomic E-state index is -0.516. The van der Waals surface area contributed by atoms with Crippen LogP contribution in [0.4, 0.5) is 0 Å². The molecule has 2 saturated carbocycles. The Kier molecular flexibility index (Phi) is 2.52. The van der Waals surface area contributed by atoms with Gasteiger partial charge in [-0.25, -0.2) is 4.79 Å². The summed E-state index contributed by atoms with van der Waals surface area (Å²) in [5.74, 6) is 0.806. The van der Waals surface area contributed by atoms with Crippen molar-refractivity contribution in [3.8, 4) is 0 Å². The fourth-order valence-electron chi connectivity index (χ4n) is 7.29. The van der Waals surface area contributed by atoms with E-state index in [1.807, 2.05) is 0 Å². The summed E-state index contributed by atoms with van der Waals surface area (Å²) in [7, 11) is 0. The summed E-state index contributed by atoms with van der Waals surface area (Å²) >= 11 is 0. The summed E-state index contributed by atoms with van der Waals surface area (Å²) in [5.41, 5.74) is 1.12. The Bertz CT molecular complexity index is 728. The summed E-state index contributed by atoms with van der Waals surface area (Å²) in [6.07, 6.45) is 3.26. The monoisotopic (exact) mass is 346 g/mol. The van der Waals surface area contributed by atoms with Crippen LogP contribution in [0, 0.1) is 23.2 Å². The third kappa shape index (κ3) is 1.39. The van der Waals surface area contributed by atoms with Gasteiger partial charge in [-0.05, 0) is 49.0 Å². The highest BCUT2D eigenvalue weighted by atomic mass is 16.7. The van der Waals surface area contributed by atoms with Gasteiger partial charge in [0.05, 0.1) is 18.3 Å². The topological polar surface area (TPSA) is 71.6 Å². The molecule has 3 aliphatic carbocycles. The number of fused-ring (bicyclic) bond motifs is 2. The van der Waals surface area contributed by atoms with E-state index in [9.17, 15) is 9.90 Å². The van der Waals surface area contributed by atoms with Gasteiger partial charge in [0.25, 0.3) is 0 Å². The molecule has 0 aromatic heterocycles. The molecular weight excluding hydrogens is 320 g/mol. The molecule has 8 unspecified atom stereocenters. The highest BCUT2D eigenvalue weighted by Gasteiger charge is 2.92. The SMILES string of the molecule is CC(C)C1CC2OC23C2(C)CCC4=C(COC4=O)C2CC2OC23C1O. The fourth-order valence-corrected chi connectivity index (χ4v) is 7.29. The summed E-state index contributed by atoms with van der Waals surface area (Å²) in [4.78, 5) is 12.0. The van der Waals surface area contributed by atoms with Gasteiger partial charge in [0.15, 0.2) is 5.60 Å². The Morgan fingerprint density at radius 2 is 2.00 bits per heavy atom. The Morgan fingerprint density at radius 1 is 1.20 bits per heavy atom. The van der Waals surface area contributed by atoms with Crippen molar-refractivity contribution in [3.05, 3.63) is 11.1 Å². The lowest BCUT2D eigenvalue weighted by atomic mass is 9.46. The zero-order valence-electron chi connectivity index (χ0n) is 15.1. The zero-order valence-corrected chi connectivity index (χ0v) is 15.1. The van der Waals surface area contributed by atoms with E-state index in [0.29, 0.717) is 12.5 Å². The molecule has 8 atom stereocenters. The Hall–Kier alpha value is -0.910. The molecule has 5 heteroatoms. The van der Waals surface area contributed by atoms with E-state index in [0.717, 1.165) is 31.3 Å². The van der Waals surface area contributed by atoms with Crippen molar-refractivity contribution >= 4 is 5.97 Å². The van der Waals surface area contributed by atoms with Gasteiger partial charge in [0.1, 0.15) is 12.2 Å². The average molecular weight is 346 g/mol. The second-order valence-corrected chi connectivity index (χ2v) is 9.62. The van der Waals surface area contributed by atoms with Gasteiger partial charge < -0.3 is 19.3 Å². The van der Waals surface area contributed by atoms with Gasteiger partial charge in [0, 0.05) is 11.0 Å². The van der Waals surface area contributed by atoms with E-state index in [1.165, 1.54) is 5.57 Å². The first-order valence-corrected chi connectivity index (χ1v) is 9.79. The minimum Gasteiger partial charge on any atom is -0.458 e. The van der Waals surface area contributed by atoms with E-state index >= 15 is 0 Å². The van der Waals surface area contributed by atoms with Gasteiger partial charge in [-0.15, -0.1) is 0 Å². The number of carbonyl (C=O) groups excluding carboxylic acids is 1. The predicted octanol–water partition coefficient (Wildman–Crippen LogP) is 1.97. The molecule has 0 aromatic rings. The Balaban J connectivity index is 1.46. The third-order valence-corrected chi connectivity index (χ3v) is 8.63. The maximum atomic E-state index is 12.0. The summed E-state index contributed by atoms with van der Waals surface area (Å²) in [6, 6.07) is 0. The van der Waals surface area contributed by atoms with Crippen LogP contribution in [0.3, 0.4) is 0 Å². The molecule has 6 rings (SSSR count). The molecule has 3 heterocycles. The van der Waals surface area contributed by atoms with Crippen LogP contribution >= 0.6 is 0 Å². The molecule has 0 bridgehead atoms. The minimum absolute atomic E-state index is 0.0506. The molecule has 0 amide bonds. The Morgan fingerprint density at radius 3 is 2.76 bits per heavy atom. The first-order chi connectivity index (χ1) is 11.9. The first-order valence-electron chi connectivity index (χ1n) is 9.79. The lowest BCUT2D eigenvalue weighted by Gasteiger charge is -2.54. The lowest BCUT2D eigenvalue weighted by molar-refractivity contribution is -0.136. The van der Waals surface area contributed by atoms with E-state index in [2.05, 4.69) is 20.8 Å². The molecule has 3 aliphatic heterocycles. The van der Waals surface area contributed by atoms with Gasteiger partial charge in [-0.1, -0.05) is 20.8 Å². The van der Waals surface area contributed by atoms with Crippen LogP contribution in [-0.4, -0.2) is 47.2 Å². The highest BCUT2D eigenvalue weighted by molar-refractivity contribution is 5.92. The van der Waals surface area contributed by atoms with Crippen LogP contribution in [0.2, 0.25) is 0 Å². The van der Waals surface area contributed by atoms with E-state index in [4.69, 9.17) is 14.2 Å². The number of ether oxygens (including phenoxy) is 3. The third-order valence-electron chi connectivity index (χ3n) is 8.63. The van der Waals surface area contributed by atoms with Crippen molar-refractivity contribution in [1.82, 2.24) is 0 Å². The molecule has 1 N–H and O–H groups in total. The van der Waals surface area contributed by atoms with Crippen molar-refractivity contribution in [3.63, 3.8) is 0 Å². The summed E-state index contributed by atoms with van der Waals surface area (Å²) in [6.45, 7) is 7.12. The van der Waals surface area contributed by atoms with Gasteiger partial charge in [-0.3, -0.25) is 0 Å². The first kappa shape index (κ1) is 15.2. The number of aliphatic hydroxyl groups is 1. The number of rotatable bonds is 1. The van der Waals surface area contributed by atoms with E-state index in [1.54, 1.807) is 0 Å². The second-order valence-electron chi connectivity index (χ2n) is 9.62. The van der Waals surface area contributed by atoms with E-state index in [-0.39, 0.29) is 41.0 Å². The van der Waals surface area contributed by atoms with Gasteiger partial charge in [0.2, 0.25) is 0 Å². The number of cyclic esters (lactones) is 1. The Labute approximate surface area is 147 Å². The molecule has 6 aliphatic rings. The van der Waals surface area contributed by atoms with Crippen molar-refractivity contribution < 1.29 is 24.1 Å². The predicted molar refractivity (Wildman–Crippen MR) is 87.6 cm³/mol. The molecule has 2 spiro atoms. The maximum absolute atomic E-state index is 12.0. The zero-order chi connectivity index (χ0) is 17.4. The van der Waals surface area contributed by atoms with Crippen LogP contribution in [0.5, 0.6) is 0 Å². The number of hydrogen-bond acceptors (Lipinski definition) is 5. The number of carbonyl (C=O) groups is 1. The van der Waals surface area contributed by atoms with E-state index < -0.39 is 11.7 Å². The van der Waals surface area contributed by atoms with Crippen molar-refractivity contribution in [2.24, 2.45) is 23.2 Å². The molecular formula is C20H26O5. The average Bonchev–Trinajstić information content (AvgIpc) is 3.44. The molecule has 5 nitrogen and oxygen atoms in total. The number of hydrogen-bond donors (Lipinski definition) is 1. The number of aliphatic hydroxyl groups excluding tert-OH is 1. The van der Waals surface area contributed by atoms with Crippen molar-refractivity contribution in [2.75, 3.05) is 6.61 Å². The maximum Gasteiger partial charge on any atom is 0.334 e. The molecule has 0 aromatic carbocycles. The summed E-state index contributed by atoms with van der Waals surface area (Å²) < 4.78 is 18.1. The number of esters is 1. The molecule has 0 radical (unpaired) electrons. The largest absolute Gasteiger partial charge is 0.458 e. The van der Waals surface area contributed by atoms with Crippen LogP contribution < -0.4 is 0 Å². The molecule has 136 valence electrons. The molecule has 2 saturated heterocycles. The lowest BCUT2D eigenvalue weighted by Crippen LogP contribution is -2.66. The normalized spacial score (nSPS) is 58.0. The van der Waals surface area contributed by atoms with Gasteiger partial charge >= 0.3 is 5.97 Å². The van der Waals surface area contributed by atoms with Crippen molar-refractivity contribution in [1.29, 1.82) is 0 Å². The summed E-state index contributed by atoms with van der Waals surface area (Å²) in [5, 5.41) is 11.3. The van der Waals surface area contributed by atoms with Gasteiger partial charge in [-0.2, -0.15) is 0 Å². The molecule has 25 heavy (non-hydrogen) atoms. The number of epoxide rings is 2. The second kappa shape index (κ2) is 4.15.